The first kappa shape index (κ1) is 21.3. The molecule has 0 bridgehead atoms. The van der Waals surface area contributed by atoms with Crippen molar-refractivity contribution in [2.24, 2.45) is 0 Å². The molecule has 2 atom stereocenters. The summed E-state index contributed by atoms with van der Waals surface area (Å²) in [5, 5.41) is 0. The zero-order valence-corrected chi connectivity index (χ0v) is 18.2. The summed E-state index contributed by atoms with van der Waals surface area (Å²) in [5.41, 5.74) is 22.8. The number of anilines is 2. The van der Waals surface area contributed by atoms with E-state index in [9.17, 15) is 0 Å². The standard InChI is InChI=1S/C25H38N2/c1-7-16(5)22-14-18(12-20(9-3)24(22)26)11-19-13-21(10-4)25(27)23(15-19)17(6)8-2/h12-17H,7-11,26-27H2,1-6H3. The molecule has 148 valence electrons. The Kier molecular flexibility index (Phi) is 7.35. The van der Waals surface area contributed by atoms with Crippen molar-refractivity contribution in [2.45, 2.75) is 85.5 Å². The summed E-state index contributed by atoms with van der Waals surface area (Å²) < 4.78 is 0. The minimum absolute atomic E-state index is 0.489. The van der Waals surface area contributed by atoms with Gasteiger partial charge in [-0.25, -0.2) is 0 Å². The molecule has 0 aliphatic carbocycles. The van der Waals surface area contributed by atoms with E-state index in [1.165, 1.54) is 33.4 Å². The zero-order valence-electron chi connectivity index (χ0n) is 18.2. The molecule has 0 radical (unpaired) electrons. The Morgan fingerprint density at radius 3 is 1.33 bits per heavy atom. The van der Waals surface area contributed by atoms with Crippen LogP contribution >= 0.6 is 0 Å². The monoisotopic (exact) mass is 366 g/mol. The Bertz CT molecular complexity index is 711. The SMILES string of the molecule is CCc1cc(Cc2cc(CC)c(N)c(C(C)CC)c2)cc(C(C)CC)c1N. The van der Waals surface area contributed by atoms with Gasteiger partial charge in [0.2, 0.25) is 0 Å². The van der Waals surface area contributed by atoms with Crippen molar-refractivity contribution >= 4 is 11.4 Å². The summed E-state index contributed by atoms with van der Waals surface area (Å²) in [6.45, 7) is 13.4. The number of aryl methyl sites for hydroxylation is 2. The Balaban J connectivity index is 2.50. The van der Waals surface area contributed by atoms with Crippen molar-refractivity contribution in [3.05, 3.63) is 57.6 Å². The van der Waals surface area contributed by atoms with Gasteiger partial charge >= 0.3 is 0 Å². The zero-order chi connectivity index (χ0) is 20.1. The van der Waals surface area contributed by atoms with Crippen molar-refractivity contribution in [2.75, 3.05) is 11.5 Å². The smallest absolute Gasteiger partial charge is 0.0381 e. The molecule has 2 aromatic carbocycles. The van der Waals surface area contributed by atoms with Crippen LogP contribution in [0.2, 0.25) is 0 Å². The van der Waals surface area contributed by atoms with E-state index in [0.717, 1.165) is 43.5 Å². The maximum absolute atomic E-state index is 6.46. The van der Waals surface area contributed by atoms with Crippen molar-refractivity contribution in [3.8, 4) is 0 Å². The topological polar surface area (TPSA) is 52.0 Å². The van der Waals surface area contributed by atoms with Crippen molar-refractivity contribution in [1.29, 1.82) is 0 Å². The molecule has 0 saturated carbocycles. The van der Waals surface area contributed by atoms with Gasteiger partial charge in [0.15, 0.2) is 0 Å². The van der Waals surface area contributed by atoms with Crippen LogP contribution < -0.4 is 11.5 Å². The minimum atomic E-state index is 0.489. The molecule has 0 aliphatic heterocycles. The Morgan fingerprint density at radius 1 is 0.667 bits per heavy atom. The summed E-state index contributed by atoms with van der Waals surface area (Å²) in [6.07, 6.45) is 5.10. The second-order valence-electron chi connectivity index (χ2n) is 8.02. The molecule has 2 heteroatoms. The quantitative estimate of drug-likeness (QED) is 0.517. The maximum Gasteiger partial charge on any atom is 0.0381 e. The highest BCUT2D eigenvalue weighted by atomic mass is 14.6. The number of nitrogen functional groups attached to an aromatic ring is 2. The van der Waals surface area contributed by atoms with Gasteiger partial charge in [0.25, 0.3) is 0 Å². The molecule has 0 aromatic heterocycles. The van der Waals surface area contributed by atoms with Crippen LogP contribution in [-0.2, 0) is 19.3 Å². The van der Waals surface area contributed by atoms with Crippen LogP contribution in [0.25, 0.3) is 0 Å². The lowest BCUT2D eigenvalue weighted by atomic mass is 9.87. The van der Waals surface area contributed by atoms with E-state index >= 15 is 0 Å². The summed E-state index contributed by atoms with van der Waals surface area (Å²) in [6, 6.07) is 9.25. The molecule has 2 unspecified atom stereocenters. The first-order valence-corrected chi connectivity index (χ1v) is 10.7. The van der Waals surface area contributed by atoms with Crippen LogP contribution in [0.3, 0.4) is 0 Å². The number of hydrogen-bond donors (Lipinski definition) is 2. The van der Waals surface area contributed by atoms with E-state index in [2.05, 4.69) is 65.8 Å². The van der Waals surface area contributed by atoms with Gasteiger partial charge < -0.3 is 11.5 Å². The van der Waals surface area contributed by atoms with Crippen LogP contribution in [0.5, 0.6) is 0 Å². The van der Waals surface area contributed by atoms with Crippen molar-refractivity contribution < 1.29 is 0 Å². The van der Waals surface area contributed by atoms with E-state index in [4.69, 9.17) is 11.5 Å². The molecule has 2 nitrogen and oxygen atoms in total. The third-order valence-electron chi connectivity index (χ3n) is 6.17. The first-order chi connectivity index (χ1) is 12.9. The molecular formula is C25H38N2. The van der Waals surface area contributed by atoms with Crippen LogP contribution in [0, 0.1) is 0 Å². The normalized spacial score (nSPS) is 13.6. The summed E-state index contributed by atoms with van der Waals surface area (Å²) in [5.74, 6) is 0.979. The van der Waals surface area contributed by atoms with Crippen LogP contribution in [0.15, 0.2) is 24.3 Å². The lowest BCUT2D eigenvalue weighted by Gasteiger charge is -2.20. The number of hydrogen-bond acceptors (Lipinski definition) is 2. The highest BCUT2D eigenvalue weighted by Crippen LogP contribution is 2.33. The molecule has 4 N–H and O–H groups in total. The minimum Gasteiger partial charge on any atom is -0.398 e. The first-order valence-electron chi connectivity index (χ1n) is 10.7. The van der Waals surface area contributed by atoms with Gasteiger partial charge in [-0.1, -0.05) is 65.8 Å². The molecule has 0 aliphatic rings. The lowest BCUT2D eigenvalue weighted by molar-refractivity contribution is 0.731. The fraction of sp³-hybridized carbons (Fsp3) is 0.520. The molecule has 0 fully saturated rings. The van der Waals surface area contributed by atoms with E-state index in [1.807, 2.05) is 0 Å². The molecule has 2 aromatic rings. The van der Waals surface area contributed by atoms with E-state index in [1.54, 1.807) is 0 Å². The third kappa shape index (κ3) is 4.66. The van der Waals surface area contributed by atoms with Gasteiger partial charge in [-0.05, 0) is 77.3 Å². The summed E-state index contributed by atoms with van der Waals surface area (Å²) >= 11 is 0. The average molecular weight is 367 g/mol. The van der Waals surface area contributed by atoms with Crippen LogP contribution in [-0.4, -0.2) is 0 Å². The van der Waals surface area contributed by atoms with E-state index in [0.29, 0.717) is 11.8 Å². The van der Waals surface area contributed by atoms with E-state index in [-0.39, 0.29) is 0 Å². The molecule has 0 saturated heterocycles. The molecule has 0 heterocycles. The molecule has 0 amide bonds. The second kappa shape index (κ2) is 9.30. The molecule has 2 rings (SSSR count). The summed E-state index contributed by atoms with van der Waals surface area (Å²) in [7, 11) is 0. The van der Waals surface area contributed by atoms with Crippen LogP contribution in [0.4, 0.5) is 11.4 Å². The Hall–Kier alpha value is -1.96. The van der Waals surface area contributed by atoms with Crippen LogP contribution in [0.1, 0.15) is 99.6 Å². The van der Waals surface area contributed by atoms with Gasteiger partial charge in [-0.15, -0.1) is 0 Å². The Morgan fingerprint density at radius 2 is 1.04 bits per heavy atom. The largest absolute Gasteiger partial charge is 0.398 e. The fourth-order valence-corrected chi connectivity index (χ4v) is 3.89. The number of benzene rings is 2. The van der Waals surface area contributed by atoms with E-state index < -0.39 is 0 Å². The van der Waals surface area contributed by atoms with Crippen molar-refractivity contribution in [1.82, 2.24) is 0 Å². The number of nitrogens with two attached hydrogens (primary N) is 2. The highest BCUT2D eigenvalue weighted by Gasteiger charge is 2.15. The van der Waals surface area contributed by atoms with Gasteiger partial charge in [-0.3, -0.25) is 0 Å². The highest BCUT2D eigenvalue weighted by molar-refractivity contribution is 5.60. The second-order valence-corrected chi connectivity index (χ2v) is 8.02. The maximum atomic E-state index is 6.46. The van der Waals surface area contributed by atoms with Gasteiger partial charge in [0.05, 0.1) is 0 Å². The number of rotatable bonds is 8. The lowest BCUT2D eigenvalue weighted by Crippen LogP contribution is -2.07. The Labute approximate surface area is 166 Å². The van der Waals surface area contributed by atoms with Gasteiger partial charge in [0, 0.05) is 11.4 Å². The predicted octanol–water partition coefficient (Wildman–Crippen LogP) is 6.59. The third-order valence-corrected chi connectivity index (χ3v) is 6.17. The molecular weight excluding hydrogens is 328 g/mol. The predicted molar refractivity (Wildman–Crippen MR) is 121 cm³/mol. The molecule has 27 heavy (non-hydrogen) atoms. The van der Waals surface area contributed by atoms with Gasteiger partial charge in [-0.2, -0.15) is 0 Å². The summed E-state index contributed by atoms with van der Waals surface area (Å²) in [4.78, 5) is 0. The van der Waals surface area contributed by atoms with Gasteiger partial charge in [0.1, 0.15) is 0 Å². The average Bonchev–Trinajstić information content (AvgIpc) is 2.68. The molecule has 0 spiro atoms. The fourth-order valence-electron chi connectivity index (χ4n) is 3.89. The van der Waals surface area contributed by atoms with Crippen molar-refractivity contribution in [3.63, 3.8) is 0 Å².